The van der Waals surface area contributed by atoms with Crippen molar-refractivity contribution in [3.63, 3.8) is 0 Å². The van der Waals surface area contributed by atoms with Gasteiger partial charge >= 0.3 is 5.97 Å². The molecule has 0 aromatic carbocycles. The Hall–Kier alpha value is -1.14. The molecule has 1 aliphatic carbocycles. The maximum atomic E-state index is 12.2. The third kappa shape index (κ3) is 3.79. The molecule has 1 aliphatic heterocycles. The number of carbonyl (C=O) groups excluding carboxylic acids is 2. The molecule has 4 atom stereocenters. The van der Waals surface area contributed by atoms with E-state index in [0.717, 1.165) is 12.8 Å². The number of likely N-dealkylation sites (tertiary alicyclic amines) is 1. The Balaban J connectivity index is 2.11. The minimum atomic E-state index is -0.413. The monoisotopic (exact) mass is 311 g/mol. The summed E-state index contributed by atoms with van der Waals surface area (Å²) in [4.78, 5) is 26.2. The van der Waals surface area contributed by atoms with Gasteiger partial charge in [0.1, 0.15) is 0 Å². The van der Waals surface area contributed by atoms with Crippen LogP contribution in [0.4, 0.5) is 0 Å². The van der Waals surface area contributed by atoms with E-state index in [1.165, 1.54) is 7.11 Å². The summed E-state index contributed by atoms with van der Waals surface area (Å²) in [5, 5.41) is 3.56. The van der Waals surface area contributed by atoms with Gasteiger partial charge in [0.25, 0.3) is 0 Å². The highest BCUT2D eigenvalue weighted by molar-refractivity contribution is 5.85. The second-order valence-electron chi connectivity index (χ2n) is 7.53. The summed E-state index contributed by atoms with van der Waals surface area (Å²) in [6, 6.07) is -0.220. The molecule has 0 radical (unpaired) electrons. The summed E-state index contributed by atoms with van der Waals surface area (Å²) >= 11 is 0. The molecule has 0 bridgehead atoms. The van der Waals surface area contributed by atoms with Gasteiger partial charge in [0.15, 0.2) is 0 Å². The van der Waals surface area contributed by atoms with Gasteiger partial charge < -0.3 is 20.7 Å². The molecule has 2 aliphatic rings. The highest BCUT2D eigenvalue weighted by Gasteiger charge is 2.44. The molecule has 1 amide bonds. The van der Waals surface area contributed by atoms with Gasteiger partial charge in [-0.15, -0.1) is 0 Å². The first-order valence-electron chi connectivity index (χ1n) is 8.14. The van der Waals surface area contributed by atoms with Crippen molar-refractivity contribution >= 4 is 11.9 Å². The van der Waals surface area contributed by atoms with Crippen LogP contribution in [0.2, 0.25) is 0 Å². The lowest BCUT2D eigenvalue weighted by Gasteiger charge is -2.41. The fourth-order valence-corrected chi connectivity index (χ4v) is 3.73. The van der Waals surface area contributed by atoms with Gasteiger partial charge in [0.2, 0.25) is 5.91 Å². The molecule has 2 fully saturated rings. The van der Waals surface area contributed by atoms with E-state index in [-0.39, 0.29) is 35.4 Å². The lowest BCUT2D eigenvalue weighted by atomic mass is 9.80. The minimum Gasteiger partial charge on any atom is -0.469 e. The quantitative estimate of drug-likeness (QED) is 0.747. The van der Waals surface area contributed by atoms with Crippen LogP contribution in [0.3, 0.4) is 0 Å². The Morgan fingerprint density at radius 1 is 1.32 bits per heavy atom. The first kappa shape index (κ1) is 17.2. The van der Waals surface area contributed by atoms with Crippen LogP contribution in [0, 0.1) is 5.92 Å². The van der Waals surface area contributed by atoms with Gasteiger partial charge in [-0.3, -0.25) is 9.59 Å². The highest BCUT2D eigenvalue weighted by atomic mass is 16.5. The van der Waals surface area contributed by atoms with Crippen molar-refractivity contribution in [1.29, 1.82) is 0 Å². The van der Waals surface area contributed by atoms with Crippen molar-refractivity contribution in [1.82, 2.24) is 10.2 Å². The average Bonchev–Trinajstić information content (AvgIpc) is 2.76. The molecule has 126 valence electrons. The minimum absolute atomic E-state index is 0.00396. The van der Waals surface area contributed by atoms with Gasteiger partial charge in [0.05, 0.1) is 19.1 Å². The lowest BCUT2D eigenvalue weighted by molar-refractivity contribution is -0.151. The van der Waals surface area contributed by atoms with E-state index in [0.29, 0.717) is 19.4 Å². The second-order valence-corrected chi connectivity index (χ2v) is 7.53. The maximum Gasteiger partial charge on any atom is 0.310 e. The fraction of sp³-hybridized carbons (Fsp3) is 0.875. The molecule has 6 nitrogen and oxygen atoms in total. The van der Waals surface area contributed by atoms with Crippen molar-refractivity contribution in [2.24, 2.45) is 11.7 Å². The molecule has 3 N–H and O–H groups in total. The fourth-order valence-electron chi connectivity index (χ4n) is 3.73. The van der Waals surface area contributed by atoms with Crippen LogP contribution in [0.1, 0.15) is 46.5 Å². The van der Waals surface area contributed by atoms with Crippen LogP contribution in [-0.2, 0) is 14.3 Å². The van der Waals surface area contributed by atoms with Crippen molar-refractivity contribution < 1.29 is 14.3 Å². The summed E-state index contributed by atoms with van der Waals surface area (Å²) in [6.45, 7) is 7.01. The van der Waals surface area contributed by atoms with Crippen LogP contribution >= 0.6 is 0 Å². The van der Waals surface area contributed by atoms with E-state index < -0.39 is 6.04 Å². The normalized spacial score (nSPS) is 33.1. The van der Waals surface area contributed by atoms with Gasteiger partial charge in [-0.1, -0.05) is 0 Å². The molecule has 1 saturated carbocycles. The summed E-state index contributed by atoms with van der Waals surface area (Å²) in [7, 11) is 1.41. The molecule has 0 aromatic rings. The Kier molecular flexibility index (Phi) is 5.12. The van der Waals surface area contributed by atoms with Crippen LogP contribution in [0.15, 0.2) is 0 Å². The van der Waals surface area contributed by atoms with Crippen molar-refractivity contribution in [2.75, 3.05) is 13.7 Å². The molecule has 22 heavy (non-hydrogen) atoms. The number of esters is 1. The number of rotatable bonds is 3. The summed E-state index contributed by atoms with van der Waals surface area (Å²) in [6.07, 6.45) is 3.14. The van der Waals surface area contributed by atoms with Crippen LogP contribution in [-0.4, -0.2) is 54.1 Å². The number of amides is 1. The topological polar surface area (TPSA) is 84.7 Å². The number of nitrogens with two attached hydrogens (primary N) is 1. The third-order valence-corrected chi connectivity index (χ3v) is 4.64. The summed E-state index contributed by atoms with van der Waals surface area (Å²) in [5.41, 5.74) is 5.82. The number of methoxy groups -OCH3 is 1. The largest absolute Gasteiger partial charge is 0.469 e. The Morgan fingerprint density at radius 2 is 2.00 bits per heavy atom. The standard InChI is InChI=1S/C16H29N3O3/c1-16(2,3)18-10-5-6-13(11(9-10)15(21)22-4)19-8-7-12(17)14(19)20/h10-13,18H,5-9,17H2,1-4H3/t10-,11-,12?,13+/m1/s1. The summed E-state index contributed by atoms with van der Waals surface area (Å²) in [5.74, 6) is -0.521. The zero-order valence-electron chi connectivity index (χ0n) is 14.1. The number of nitrogens with one attached hydrogen (secondary N) is 1. The third-order valence-electron chi connectivity index (χ3n) is 4.64. The zero-order chi connectivity index (χ0) is 16.5. The first-order valence-corrected chi connectivity index (χ1v) is 8.14. The maximum absolute atomic E-state index is 12.2. The zero-order valence-corrected chi connectivity index (χ0v) is 14.1. The lowest BCUT2D eigenvalue weighted by Crippen LogP contribution is -2.54. The van der Waals surface area contributed by atoms with Crippen LogP contribution < -0.4 is 11.1 Å². The van der Waals surface area contributed by atoms with Crippen LogP contribution in [0.5, 0.6) is 0 Å². The molecule has 0 spiro atoms. The average molecular weight is 311 g/mol. The van der Waals surface area contributed by atoms with E-state index in [1.54, 1.807) is 4.90 Å². The van der Waals surface area contributed by atoms with Crippen molar-refractivity contribution in [3.05, 3.63) is 0 Å². The van der Waals surface area contributed by atoms with Gasteiger partial charge in [-0.05, 0) is 46.5 Å². The molecule has 0 aromatic heterocycles. The molecule has 1 unspecified atom stereocenters. The Morgan fingerprint density at radius 3 is 2.50 bits per heavy atom. The van der Waals surface area contributed by atoms with E-state index in [9.17, 15) is 9.59 Å². The number of hydrogen-bond acceptors (Lipinski definition) is 5. The Bertz CT molecular complexity index is 433. The predicted octanol–water partition coefficient (Wildman–Crippen LogP) is 0.644. The van der Waals surface area contributed by atoms with E-state index in [4.69, 9.17) is 10.5 Å². The molecular weight excluding hydrogens is 282 g/mol. The molecular formula is C16H29N3O3. The molecule has 2 rings (SSSR count). The first-order chi connectivity index (χ1) is 10.2. The van der Waals surface area contributed by atoms with Gasteiger partial charge in [-0.2, -0.15) is 0 Å². The smallest absolute Gasteiger partial charge is 0.310 e. The molecule has 6 heteroatoms. The predicted molar refractivity (Wildman–Crippen MR) is 84.1 cm³/mol. The van der Waals surface area contributed by atoms with Crippen molar-refractivity contribution in [2.45, 2.75) is 70.1 Å². The van der Waals surface area contributed by atoms with E-state index >= 15 is 0 Å². The second kappa shape index (κ2) is 6.54. The summed E-state index contributed by atoms with van der Waals surface area (Å²) < 4.78 is 4.98. The van der Waals surface area contributed by atoms with E-state index in [2.05, 4.69) is 26.1 Å². The number of carbonyl (C=O) groups is 2. The molecule has 1 heterocycles. The highest BCUT2D eigenvalue weighted by Crippen LogP contribution is 2.32. The number of nitrogens with zero attached hydrogens (tertiary/aromatic N) is 1. The SMILES string of the molecule is COC(=O)[C@@H]1C[C@H](NC(C)(C)C)CC[C@@H]1N1CCC(N)C1=O. The Labute approximate surface area is 132 Å². The van der Waals surface area contributed by atoms with Gasteiger partial charge in [0, 0.05) is 24.2 Å². The van der Waals surface area contributed by atoms with Gasteiger partial charge in [-0.25, -0.2) is 0 Å². The van der Waals surface area contributed by atoms with Crippen molar-refractivity contribution in [3.8, 4) is 0 Å². The van der Waals surface area contributed by atoms with E-state index in [1.807, 2.05) is 0 Å². The van der Waals surface area contributed by atoms with Crippen LogP contribution in [0.25, 0.3) is 0 Å². The number of ether oxygens (including phenoxy) is 1. The molecule has 1 saturated heterocycles. The number of hydrogen-bond donors (Lipinski definition) is 2.